The summed E-state index contributed by atoms with van der Waals surface area (Å²) in [4.78, 5) is 2.04. The first-order chi connectivity index (χ1) is 5.75. The van der Waals surface area contributed by atoms with Crippen molar-refractivity contribution in [3.05, 3.63) is 0 Å². The molecule has 0 aromatic heterocycles. The molecule has 1 aliphatic heterocycles. The molecule has 2 unspecified atom stereocenters. The fraction of sp³-hybridized carbons (Fsp3) is 1.00. The van der Waals surface area contributed by atoms with E-state index in [4.69, 9.17) is 0 Å². The lowest BCUT2D eigenvalue weighted by atomic mass is 10.2. The molecule has 2 nitrogen and oxygen atoms in total. The fourth-order valence-corrected chi connectivity index (χ4v) is 1.85. The predicted octanol–water partition coefficient (Wildman–Crippen LogP) is 0.801. The van der Waals surface area contributed by atoms with E-state index in [1.807, 2.05) is 4.90 Å². The maximum atomic E-state index is 12.7. The molecule has 1 saturated heterocycles. The van der Waals surface area contributed by atoms with Crippen molar-refractivity contribution in [2.24, 2.45) is 5.92 Å². The van der Waals surface area contributed by atoms with Crippen LogP contribution in [-0.4, -0.2) is 41.9 Å². The molecule has 2 rings (SSSR count). The number of hydrogen-bond acceptors (Lipinski definition) is 2. The van der Waals surface area contributed by atoms with Gasteiger partial charge in [0.05, 0.1) is 6.10 Å². The second-order valence-corrected chi connectivity index (χ2v) is 4.05. The van der Waals surface area contributed by atoms with Crippen molar-refractivity contribution in [3.8, 4) is 0 Å². The van der Waals surface area contributed by atoms with Crippen molar-refractivity contribution in [1.29, 1.82) is 0 Å². The molecule has 0 aromatic rings. The first-order valence-electron chi connectivity index (χ1n) is 4.80. The molecule has 0 bridgehead atoms. The highest BCUT2D eigenvalue weighted by Gasteiger charge is 2.32. The van der Waals surface area contributed by atoms with Crippen LogP contribution in [0.1, 0.15) is 19.3 Å². The van der Waals surface area contributed by atoms with Crippen LogP contribution in [0.2, 0.25) is 0 Å². The molecular formula is C9H16FNO. The maximum Gasteiger partial charge on any atom is 0.114 e. The quantitative estimate of drug-likeness (QED) is 0.682. The number of hydrogen-bond donors (Lipinski definition) is 1. The number of β-amino-alcohol motifs (C(OH)–C–C–N with tert-alkyl or cyclic N) is 1. The Morgan fingerprint density at radius 1 is 1.42 bits per heavy atom. The second kappa shape index (κ2) is 3.30. The lowest BCUT2D eigenvalue weighted by molar-refractivity contribution is 0.103. The molecule has 0 spiro atoms. The van der Waals surface area contributed by atoms with Gasteiger partial charge in [0.2, 0.25) is 0 Å². The zero-order chi connectivity index (χ0) is 8.55. The van der Waals surface area contributed by atoms with E-state index in [0.29, 0.717) is 25.4 Å². The standard InChI is InChI=1S/C9H16FNO/c10-8-3-4-11(5-8)6-9(12)7-1-2-7/h7-9,12H,1-6H2. The minimum absolute atomic E-state index is 0.199. The summed E-state index contributed by atoms with van der Waals surface area (Å²) in [6.07, 6.45) is 2.12. The zero-order valence-electron chi connectivity index (χ0n) is 7.25. The van der Waals surface area contributed by atoms with Crippen LogP contribution in [0.3, 0.4) is 0 Å². The summed E-state index contributed by atoms with van der Waals surface area (Å²) < 4.78 is 12.7. The third-order valence-corrected chi connectivity index (χ3v) is 2.83. The van der Waals surface area contributed by atoms with Gasteiger partial charge in [0, 0.05) is 19.6 Å². The normalized spacial score (nSPS) is 34.0. The molecule has 2 atom stereocenters. The highest BCUT2D eigenvalue weighted by Crippen LogP contribution is 2.33. The van der Waals surface area contributed by atoms with Gasteiger partial charge in [0.1, 0.15) is 6.17 Å². The number of likely N-dealkylation sites (tertiary alicyclic amines) is 1. The third-order valence-electron chi connectivity index (χ3n) is 2.83. The zero-order valence-corrected chi connectivity index (χ0v) is 7.25. The molecule has 2 aliphatic rings. The smallest absolute Gasteiger partial charge is 0.114 e. The number of halogens is 1. The van der Waals surface area contributed by atoms with Gasteiger partial charge in [-0.1, -0.05) is 0 Å². The molecular weight excluding hydrogens is 157 g/mol. The Bertz CT molecular complexity index is 161. The van der Waals surface area contributed by atoms with E-state index in [-0.39, 0.29) is 6.10 Å². The largest absolute Gasteiger partial charge is 0.392 e. The minimum Gasteiger partial charge on any atom is -0.392 e. The Kier molecular flexibility index (Phi) is 2.33. The van der Waals surface area contributed by atoms with Gasteiger partial charge in [-0.15, -0.1) is 0 Å². The summed E-state index contributed by atoms with van der Waals surface area (Å²) in [5, 5.41) is 9.57. The lowest BCUT2D eigenvalue weighted by Gasteiger charge is -2.18. The van der Waals surface area contributed by atoms with Gasteiger partial charge in [-0.25, -0.2) is 4.39 Å². The summed E-state index contributed by atoms with van der Waals surface area (Å²) in [6.45, 7) is 2.04. The van der Waals surface area contributed by atoms with Gasteiger partial charge in [0.25, 0.3) is 0 Å². The summed E-state index contributed by atoms with van der Waals surface area (Å²) >= 11 is 0. The average molecular weight is 173 g/mol. The molecule has 3 heteroatoms. The van der Waals surface area contributed by atoms with Crippen molar-refractivity contribution in [1.82, 2.24) is 4.90 Å². The van der Waals surface area contributed by atoms with E-state index >= 15 is 0 Å². The van der Waals surface area contributed by atoms with Gasteiger partial charge in [-0.05, 0) is 25.2 Å². The van der Waals surface area contributed by atoms with Gasteiger partial charge >= 0.3 is 0 Å². The van der Waals surface area contributed by atoms with Crippen molar-refractivity contribution < 1.29 is 9.50 Å². The Balaban J connectivity index is 1.71. The number of nitrogens with zero attached hydrogens (tertiary/aromatic N) is 1. The van der Waals surface area contributed by atoms with Gasteiger partial charge in [0.15, 0.2) is 0 Å². The highest BCUT2D eigenvalue weighted by atomic mass is 19.1. The SMILES string of the molecule is OC(CN1CCC(F)C1)C1CC1. The number of rotatable bonds is 3. The van der Waals surface area contributed by atoms with Crippen molar-refractivity contribution >= 4 is 0 Å². The Labute approximate surface area is 72.4 Å². The van der Waals surface area contributed by atoms with Crippen LogP contribution < -0.4 is 0 Å². The predicted molar refractivity (Wildman–Crippen MR) is 44.7 cm³/mol. The highest BCUT2D eigenvalue weighted by molar-refractivity contribution is 4.85. The summed E-state index contributed by atoms with van der Waals surface area (Å²) in [6, 6.07) is 0. The molecule has 0 aromatic carbocycles. The van der Waals surface area contributed by atoms with Gasteiger partial charge < -0.3 is 5.11 Å². The van der Waals surface area contributed by atoms with Gasteiger partial charge in [-0.2, -0.15) is 0 Å². The number of aliphatic hydroxyl groups is 1. The Morgan fingerprint density at radius 2 is 2.17 bits per heavy atom. The maximum absolute atomic E-state index is 12.7. The summed E-state index contributed by atoms with van der Waals surface area (Å²) in [5.74, 6) is 0.517. The van der Waals surface area contributed by atoms with Crippen LogP contribution in [-0.2, 0) is 0 Å². The van der Waals surface area contributed by atoms with Crippen LogP contribution >= 0.6 is 0 Å². The molecule has 0 amide bonds. The van der Waals surface area contributed by atoms with Crippen LogP contribution in [0.15, 0.2) is 0 Å². The molecule has 1 aliphatic carbocycles. The van der Waals surface area contributed by atoms with E-state index in [1.165, 1.54) is 0 Å². The first-order valence-corrected chi connectivity index (χ1v) is 4.80. The van der Waals surface area contributed by atoms with Crippen LogP contribution in [0.25, 0.3) is 0 Å². The molecule has 0 radical (unpaired) electrons. The molecule has 1 N–H and O–H groups in total. The van der Waals surface area contributed by atoms with E-state index in [2.05, 4.69) is 0 Å². The average Bonchev–Trinajstić information content (AvgIpc) is 2.78. The number of alkyl halides is 1. The third kappa shape index (κ3) is 1.96. The van der Waals surface area contributed by atoms with Crippen molar-refractivity contribution in [2.75, 3.05) is 19.6 Å². The summed E-state index contributed by atoms with van der Waals surface area (Å²) in [7, 11) is 0. The van der Waals surface area contributed by atoms with Crippen LogP contribution in [0, 0.1) is 5.92 Å². The van der Waals surface area contributed by atoms with Crippen LogP contribution in [0.4, 0.5) is 4.39 Å². The second-order valence-electron chi connectivity index (χ2n) is 4.05. The molecule has 1 saturated carbocycles. The Morgan fingerprint density at radius 3 is 2.67 bits per heavy atom. The minimum atomic E-state index is -0.656. The van der Waals surface area contributed by atoms with E-state index in [0.717, 1.165) is 19.4 Å². The molecule has 2 fully saturated rings. The molecule has 12 heavy (non-hydrogen) atoms. The van der Waals surface area contributed by atoms with Crippen LogP contribution in [0.5, 0.6) is 0 Å². The monoisotopic (exact) mass is 173 g/mol. The van der Waals surface area contributed by atoms with E-state index < -0.39 is 6.17 Å². The van der Waals surface area contributed by atoms with Gasteiger partial charge in [-0.3, -0.25) is 4.90 Å². The van der Waals surface area contributed by atoms with E-state index in [1.54, 1.807) is 0 Å². The lowest BCUT2D eigenvalue weighted by Crippen LogP contribution is -2.32. The fourth-order valence-electron chi connectivity index (χ4n) is 1.85. The molecule has 1 heterocycles. The van der Waals surface area contributed by atoms with Crippen molar-refractivity contribution in [3.63, 3.8) is 0 Å². The topological polar surface area (TPSA) is 23.5 Å². The first kappa shape index (κ1) is 8.45. The Hall–Kier alpha value is -0.150. The summed E-state index contributed by atoms with van der Waals surface area (Å²) in [5.41, 5.74) is 0. The number of aliphatic hydroxyl groups excluding tert-OH is 1. The van der Waals surface area contributed by atoms with Crippen molar-refractivity contribution in [2.45, 2.75) is 31.5 Å². The van der Waals surface area contributed by atoms with E-state index in [9.17, 15) is 9.50 Å². The molecule has 70 valence electrons.